The van der Waals surface area contributed by atoms with E-state index >= 15 is 4.39 Å². The number of pyridine rings is 1. The molecule has 0 radical (unpaired) electrons. The Morgan fingerprint density at radius 2 is 2.00 bits per heavy atom. The van der Waals surface area contributed by atoms with Gasteiger partial charge in [0.05, 0.1) is 42.0 Å². The molecule has 8 nitrogen and oxygen atoms in total. The van der Waals surface area contributed by atoms with E-state index in [1.807, 2.05) is 20.2 Å². The smallest absolute Gasteiger partial charge is 0.263 e. The van der Waals surface area contributed by atoms with Gasteiger partial charge >= 0.3 is 0 Å². The highest BCUT2D eigenvalue weighted by atomic mass is 35.5. The molecule has 0 unspecified atom stereocenters. The van der Waals surface area contributed by atoms with Crippen molar-refractivity contribution in [2.24, 2.45) is 14.1 Å². The molecule has 0 spiro atoms. The van der Waals surface area contributed by atoms with Gasteiger partial charge in [-0.15, -0.1) is 0 Å². The predicted molar refractivity (Wildman–Crippen MR) is 129 cm³/mol. The molecule has 1 fully saturated rings. The van der Waals surface area contributed by atoms with E-state index in [4.69, 9.17) is 21.3 Å². The monoisotopic (exact) mass is 482 g/mol. The van der Waals surface area contributed by atoms with Crippen molar-refractivity contribution in [3.05, 3.63) is 69.2 Å². The third kappa shape index (κ3) is 3.84. The highest BCUT2D eigenvalue weighted by Gasteiger charge is 2.30. The molecule has 0 bridgehead atoms. The normalized spacial score (nSPS) is 18.6. The van der Waals surface area contributed by atoms with E-state index in [0.29, 0.717) is 30.3 Å². The molecule has 10 heteroatoms. The fourth-order valence-corrected chi connectivity index (χ4v) is 4.45. The molecule has 4 aromatic rings. The van der Waals surface area contributed by atoms with Crippen LogP contribution in [0.3, 0.4) is 0 Å². The number of rotatable bonds is 3. The van der Waals surface area contributed by atoms with Crippen LogP contribution < -0.4 is 10.5 Å². The molecule has 5 rings (SSSR count). The summed E-state index contributed by atoms with van der Waals surface area (Å²) in [4.78, 5) is 24.8. The Balaban J connectivity index is 1.70. The van der Waals surface area contributed by atoms with E-state index in [0.717, 1.165) is 5.56 Å². The second-order valence-electron chi connectivity index (χ2n) is 8.64. The third-order valence-corrected chi connectivity index (χ3v) is 6.52. The van der Waals surface area contributed by atoms with Gasteiger partial charge in [-0.1, -0.05) is 11.6 Å². The highest BCUT2D eigenvalue weighted by Crippen LogP contribution is 2.34. The number of anilines is 1. The van der Waals surface area contributed by atoms with Gasteiger partial charge in [-0.25, -0.2) is 14.4 Å². The van der Waals surface area contributed by atoms with Gasteiger partial charge in [0.2, 0.25) is 0 Å². The number of hydrogen-bond donors (Lipinski definition) is 0. The number of ether oxygens (including phenoxy) is 1. The zero-order chi connectivity index (χ0) is 24.1. The van der Waals surface area contributed by atoms with Crippen molar-refractivity contribution in [3.8, 4) is 11.3 Å². The number of fused-ring (bicyclic) bond motifs is 1. The van der Waals surface area contributed by atoms with E-state index < -0.39 is 5.82 Å². The maximum atomic E-state index is 15.0. The van der Waals surface area contributed by atoms with Crippen LogP contribution in [0.4, 0.5) is 10.2 Å². The molecule has 34 heavy (non-hydrogen) atoms. The van der Waals surface area contributed by atoms with E-state index in [9.17, 15) is 4.79 Å². The van der Waals surface area contributed by atoms with Gasteiger partial charge in [-0.3, -0.25) is 14.0 Å². The van der Waals surface area contributed by atoms with Crippen LogP contribution in [0.1, 0.15) is 24.4 Å². The summed E-state index contributed by atoms with van der Waals surface area (Å²) in [6, 6.07) is 6.15. The van der Waals surface area contributed by atoms with Crippen LogP contribution in [0, 0.1) is 12.7 Å². The lowest BCUT2D eigenvalue weighted by atomic mass is 10.1. The van der Waals surface area contributed by atoms with Crippen molar-refractivity contribution in [3.63, 3.8) is 0 Å². The highest BCUT2D eigenvalue weighted by molar-refractivity contribution is 6.30. The van der Waals surface area contributed by atoms with E-state index in [1.54, 1.807) is 43.0 Å². The molecule has 2 atom stereocenters. The van der Waals surface area contributed by atoms with Crippen LogP contribution in [-0.4, -0.2) is 43.5 Å². The maximum Gasteiger partial charge on any atom is 0.263 e. The minimum Gasteiger partial charge on any atom is -0.369 e. The van der Waals surface area contributed by atoms with Gasteiger partial charge in [0.1, 0.15) is 23.6 Å². The molecule has 0 aliphatic carbocycles. The van der Waals surface area contributed by atoms with Crippen molar-refractivity contribution in [1.29, 1.82) is 0 Å². The second-order valence-corrected chi connectivity index (χ2v) is 9.08. The number of hydrogen-bond acceptors (Lipinski definition) is 6. The number of nitrogens with zero attached hydrogens (tertiary/aromatic N) is 6. The standard InChI is InChI=1S/C24H24ClFN6O2/c1-13-12-34-20(15-9-27-30(3)10-15)11-32(13)21-8-19-22(24(33)31(4)14(2)28-19)23(29-21)17-6-5-16(25)7-18(17)26/h5-10,13,20H,11-12H2,1-4H3/t13-,20-/m1/s1. The molecule has 1 aromatic carbocycles. The summed E-state index contributed by atoms with van der Waals surface area (Å²) in [5.41, 5.74) is 1.59. The summed E-state index contributed by atoms with van der Waals surface area (Å²) in [5, 5.41) is 4.79. The van der Waals surface area contributed by atoms with Crippen LogP contribution in [0.5, 0.6) is 0 Å². The van der Waals surface area contributed by atoms with E-state index in [2.05, 4.69) is 15.0 Å². The van der Waals surface area contributed by atoms with Crippen molar-refractivity contribution in [1.82, 2.24) is 24.3 Å². The Kier molecular flexibility index (Phi) is 5.61. The number of benzene rings is 1. The van der Waals surface area contributed by atoms with Crippen LogP contribution in [0.15, 0.2) is 41.5 Å². The van der Waals surface area contributed by atoms with Gasteiger partial charge in [0.25, 0.3) is 5.56 Å². The van der Waals surface area contributed by atoms with Crippen molar-refractivity contribution in [2.75, 3.05) is 18.1 Å². The average molecular weight is 483 g/mol. The Morgan fingerprint density at radius 3 is 2.71 bits per heavy atom. The zero-order valence-corrected chi connectivity index (χ0v) is 20.0. The number of morpholine rings is 1. The van der Waals surface area contributed by atoms with Crippen LogP contribution >= 0.6 is 11.6 Å². The van der Waals surface area contributed by atoms with Crippen molar-refractivity contribution in [2.45, 2.75) is 26.0 Å². The maximum absolute atomic E-state index is 15.0. The Labute approximate surface area is 200 Å². The molecule has 1 aliphatic heterocycles. The SMILES string of the molecule is Cc1nc2cc(N3C[C@H](c4cnn(C)c4)OC[C@H]3C)nc(-c3ccc(Cl)cc3F)c2c(=O)n1C. The fourth-order valence-electron chi connectivity index (χ4n) is 4.29. The van der Waals surface area contributed by atoms with Gasteiger partial charge in [-0.05, 0) is 32.0 Å². The van der Waals surface area contributed by atoms with Crippen LogP contribution in [0.2, 0.25) is 5.02 Å². The van der Waals surface area contributed by atoms with Gasteiger partial charge < -0.3 is 9.64 Å². The molecule has 3 aromatic heterocycles. The lowest BCUT2D eigenvalue weighted by Crippen LogP contribution is -2.45. The Morgan fingerprint density at radius 1 is 1.21 bits per heavy atom. The molecule has 0 N–H and O–H groups in total. The molecule has 1 aliphatic rings. The summed E-state index contributed by atoms with van der Waals surface area (Å²) >= 11 is 5.98. The molecule has 1 saturated heterocycles. The first-order valence-electron chi connectivity index (χ1n) is 10.9. The first kappa shape index (κ1) is 22.5. The predicted octanol–water partition coefficient (Wildman–Crippen LogP) is 3.80. The lowest BCUT2D eigenvalue weighted by Gasteiger charge is -2.38. The first-order valence-corrected chi connectivity index (χ1v) is 11.3. The largest absolute Gasteiger partial charge is 0.369 e. The fraction of sp³-hybridized carbons (Fsp3) is 0.333. The molecule has 0 amide bonds. The quantitative estimate of drug-likeness (QED) is 0.442. The first-order chi connectivity index (χ1) is 16.2. The molecule has 176 valence electrons. The van der Waals surface area contributed by atoms with Gasteiger partial charge in [-0.2, -0.15) is 5.10 Å². The minimum atomic E-state index is -0.552. The number of aryl methyl sites for hydroxylation is 2. The zero-order valence-electron chi connectivity index (χ0n) is 19.3. The summed E-state index contributed by atoms with van der Waals surface area (Å²) in [5.74, 6) is 0.603. The molecular formula is C24H24ClFN6O2. The lowest BCUT2D eigenvalue weighted by molar-refractivity contribution is 0.0212. The number of halogens is 2. The topological polar surface area (TPSA) is 78.1 Å². The van der Waals surface area contributed by atoms with E-state index in [1.165, 1.54) is 10.6 Å². The summed E-state index contributed by atoms with van der Waals surface area (Å²) < 4.78 is 24.3. The van der Waals surface area contributed by atoms with Crippen LogP contribution in [-0.2, 0) is 18.8 Å². The Bertz CT molecular complexity index is 1470. The molecule has 4 heterocycles. The summed E-state index contributed by atoms with van der Waals surface area (Å²) in [6.07, 6.45) is 3.52. The van der Waals surface area contributed by atoms with Gasteiger partial charge in [0, 0.05) is 42.5 Å². The third-order valence-electron chi connectivity index (χ3n) is 6.28. The summed E-state index contributed by atoms with van der Waals surface area (Å²) in [7, 11) is 3.50. The summed E-state index contributed by atoms with van der Waals surface area (Å²) in [6.45, 7) is 4.81. The second kappa shape index (κ2) is 8.48. The van der Waals surface area contributed by atoms with Crippen LogP contribution in [0.25, 0.3) is 22.2 Å². The van der Waals surface area contributed by atoms with E-state index in [-0.39, 0.29) is 39.4 Å². The van der Waals surface area contributed by atoms with Gasteiger partial charge in [0.15, 0.2) is 0 Å². The number of aromatic nitrogens is 5. The molecule has 0 saturated carbocycles. The Hall–Kier alpha value is -3.30. The van der Waals surface area contributed by atoms with Crippen molar-refractivity contribution < 1.29 is 9.13 Å². The average Bonchev–Trinajstić information content (AvgIpc) is 3.23. The molecular weight excluding hydrogens is 459 g/mol. The minimum absolute atomic E-state index is 0.00780. The van der Waals surface area contributed by atoms with Crippen molar-refractivity contribution >= 4 is 28.3 Å².